The molecule has 0 aliphatic heterocycles. The molecule has 1 aromatic carbocycles. The van der Waals surface area contributed by atoms with Gasteiger partial charge in [-0.15, -0.1) is 0 Å². The Hall–Kier alpha value is -1.89. The van der Waals surface area contributed by atoms with Crippen molar-refractivity contribution in [3.8, 4) is 0 Å². The van der Waals surface area contributed by atoms with Crippen LogP contribution in [0.2, 0.25) is 0 Å². The van der Waals surface area contributed by atoms with Gasteiger partial charge in [0.2, 0.25) is 0 Å². The molecule has 0 radical (unpaired) electrons. The molecule has 2 amide bonds. The number of nitrogens with one attached hydrogen (secondary N) is 2. The van der Waals surface area contributed by atoms with Crippen LogP contribution in [0.25, 0.3) is 0 Å². The van der Waals surface area contributed by atoms with E-state index >= 15 is 0 Å². The number of rotatable bonds is 5. The normalized spacial score (nSPS) is 11.8. The maximum atomic E-state index is 11.7. The van der Waals surface area contributed by atoms with E-state index in [2.05, 4.69) is 10.6 Å². The minimum Gasteiger partial charge on any atom is -0.336 e. The third-order valence-electron chi connectivity index (χ3n) is 3.23. The van der Waals surface area contributed by atoms with Gasteiger partial charge in [0.15, 0.2) is 15.6 Å². The van der Waals surface area contributed by atoms with Crippen LogP contribution in [-0.4, -0.2) is 37.8 Å². The summed E-state index contributed by atoms with van der Waals surface area (Å²) in [5.41, 5.74) is 1.08. The topological polar surface area (TPSA) is 92.3 Å². The van der Waals surface area contributed by atoms with Gasteiger partial charge in [0.1, 0.15) is 0 Å². The quantitative estimate of drug-likeness (QED) is 0.811. The molecule has 0 atom stereocenters. The lowest BCUT2D eigenvalue weighted by molar-refractivity contribution is 0.101. The highest BCUT2D eigenvalue weighted by molar-refractivity contribution is 7.92. The van der Waals surface area contributed by atoms with Gasteiger partial charge in [-0.3, -0.25) is 4.79 Å². The van der Waals surface area contributed by atoms with Gasteiger partial charge >= 0.3 is 6.03 Å². The molecule has 0 spiro atoms. The van der Waals surface area contributed by atoms with Crippen LogP contribution < -0.4 is 10.6 Å². The van der Waals surface area contributed by atoms with Gasteiger partial charge in [0.25, 0.3) is 0 Å². The minimum absolute atomic E-state index is 0.00317. The van der Waals surface area contributed by atoms with Crippen LogP contribution in [-0.2, 0) is 9.84 Å². The van der Waals surface area contributed by atoms with Gasteiger partial charge in [0, 0.05) is 24.1 Å². The van der Waals surface area contributed by atoms with E-state index in [1.165, 1.54) is 6.92 Å². The summed E-state index contributed by atoms with van der Waals surface area (Å²) in [5.74, 6) is -0.0547. The van der Waals surface area contributed by atoms with Crippen LogP contribution in [0.5, 0.6) is 0 Å². The summed E-state index contributed by atoms with van der Waals surface area (Å²) in [6.07, 6.45) is 1.13. The second-order valence-corrected chi connectivity index (χ2v) is 8.12. The molecule has 0 heterocycles. The number of hydrogen-bond acceptors (Lipinski definition) is 4. The minimum atomic E-state index is -3.27. The number of hydrogen-bond donors (Lipinski definition) is 2. The first-order chi connectivity index (χ1) is 9.53. The van der Waals surface area contributed by atoms with E-state index in [0.29, 0.717) is 11.3 Å². The van der Waals surface area contributed by atoms with Crippen LogP contribution in [0.4, 0.5) is 10.5 Å². The van der Waals surface area contributed by atoms with E-state index < -0.39 is 20.6 Å². The maximum Gasteiger partial charge on any atom is 0.319 e. The molecule has 0 saturated carbocycles. The van der Waals surface area contributed by atoms with Crippen molar-refractivity contribution in [1.82, 2.24) is 5.32 Å². The van der Waals surface area contributed by atoms with E-state index in [0.717, 1.165) is 6.26 Å². The Kier molecular flexibility index (Phi) is 5.11. The van der Waals surface area contributed by atoms with Crippen molar-refractivity contribution in [2.45, 2.75) is 25.5 Å². The van der Waals surface area contributed by atoms with E-state index in [-0.39, 0.29) is 12.3 Å². The van der Waals surface area contributed by atoms with Crippen molar-refractivity contribution in [1.29, 1.82) is 0 Å². The second kappa shape index (κ2) is 6.26. The lowest BCUT2D eigenvalue weighted by atomic mass is 10.1. The molecule has 1 rings (SSSR count). The van der Waals surface area contributed by atoms with Crippen LogP contribution >= 0.6 is 0 Å². The summed E-state index contributed by atoms with van der Waals surface area (Å²) in [6.45, 7) is 4.56. The molecule has 0 aliphatic carbocycles. The summed E-state index contributed by atoms with van der Waals surface area (Å²) in [6, 6.07) is 5.94. The van der Waals surface area contributed by atoms with Crippen molar-refractivity contribution < 1.29 is 18.0 Å². The molecule has 21 heavy (non-hydrogen) atoms. The Balaban J connectivity index is 2.60. The summed E-state index contributed by atoms with van der Waals surface area (Å²) < 4.78 is 22.0. The summed E-state index contributed by atoms with van der Waals surface area (Å²) in [5, 5.41) is 5.10. The fourth-order valence-corrected chi connectivity index (χ4v) is 1.72. The Labute approximate surface area is 124 Å². The number of amides is 2. The predicted octanol–water partition coefficient (Wildman–Crippen LogP) is 1.83. The predicted molar refractivity (Wildman–Crippen MR) is 82.4 cm³/mol. The summed E-state index contributed by atoms with van der Waals surface area (Å²) in [4.78, 5) is 22.9. The zero-order valence-electron chi connectivity index (χ0n) is 12.6. The average Bonchev–Trinajstić information content (AvgIpc) is 2.36. The first-order valence-corrected chi connectivity index (χ1v) is 8.27. The second-order valence-electron chi connectivity index (χ2n) is 5.47. The zero-order chi connectivity index (χ0) is 16.3. The molecule has 2 N–H and O–H groups in total. The third kappa shape index (κ3) is 4.86. The number of carbonyl (C=O) groups is 2. The van der Waals surface area contributed by atoms with E-state index in [1.54, 1.807) is 38.1 Å². The molecular formula is C14H20N2O4S. The molecule has 0 aromatic heterocycles. The molecular weight excluding hydrogens is 292 g/mol. The SMILES string of the molecule is CC(=O)c1ccc(NC(=O)NCC(C)(C)S(C)(=O)=O)cc1. The van der Waals surface area contributed by atoms with Gasteiger partial charge in [-0.2, -0.15) is 0 Å². The molecule has 1 aromatic rings. The van der Waals surface area contributed by atoms with Gasteiger partial charge in [-0.1, -0.05) is 0 Å². The summed E-state index contributed by atoms with van der Waals surface area (Å²) in [7, 11) is -3.27. The van der Waals surface area contributed by atoms with Crippen LogP contribution in [0.3, 0.4) is 0 Å². The molecule has 0 saturated heterocycles. The Morgan fingerprint density at radius 3 is 2.10 bits per heavy atom. The first-order valence-electron chi connectivity index (χ1n) is 6.38. The molecule has 0 unspecified atom stereocenters. The lowest BCUT2D eigenvalue weighted by Crippen LogP contribution is -2.45. The van der Waals surface area contributed by atoms with E-state index in [4.69, 9.17) is 0 Å². The number of sulfone groups is 1. The highest BCUT2D eigenvalue weighted by Crippen LogP contribution is 2.14. The number of benzene rings is 1. The standard InChI is InChI=1S/C14H20N2O4S/c1-10(17)11-5-7-12(8-6-11)16-13(18)15-9-14(2,3)21(4,19)20/h5-8H,9H2,1-4H3,(H2,15,16,18). The van der Waals surface area contributed by atoms with Crippen molar-refractivity contribution in [2.24, 2.45) is 0 Å². The Morgan fingerprint density at radius 2 is 1.67 bits per heavy atom. The molecule has 7 heteroatoms. The maximum absolute atomic E-state index is 11.7. The largest absolute Gasteiger partial charge is 0.336 e. The molecule has 6 nitrogen and oxygen atoms in total. The Morgan fingerprint density at radius 1 is 1.14 bits per heavy atom. The Bertz CT molecular complexity index is 633. The van der Waals surface area contributed by atoms with Crippen molar-refractivity contribution in [3.63, 3.8) is 0 Å². The number of ketones is 1. The average molecular weight is 312 g/mol. The zero-order valence-corrected chi connectivity index (χ0v) is 13.4. The van der Waals surface area contributed by atoms with Gasteiger partial charge in [0.05, 0.1) is 4.75 Å². The molecule has 0 aliphatic rings. The highest BCUT2D eigenvalue weighted by Gasteiger charge is 2.30. The van der Waals surface area contributed by atoms with Gasteiger partial charge in [-0.25, -0.2) is 13.2 Å². The van der Waals surface area contributed by atoms with Gasteiger partial charge < -0.3 is 10.6 Å². The molecule has 0 fully saturated rings. The highest BCUT2D eigenvalue weighted by atomic mass is 32.2. The smallest absolute Gasteiger partial charge is 0.319 e. The number of anilines is 1. The van der Waals surface area contributed by atoms with Crippen molar-refractivity contribution in [2.75, 3.05) is 18.1 Å². The number of carbonyl (C=O) groups excluding carboxylic acids is 2. The molecule has 116 valence electrons. The van der Waals surface area contributed by atoms with Crippen LogP contribution in [0, 0.1) is 0 Å². The van der Waals surface area contributed by atoms with Crippen LogP contribution in [0.1, 0.15) is 31.1 Å². The third-order valence-corrected chi connectivity index (χ3v) is 5.38. The number of urea groups is 1. The monoisotopic (exact) mass is 312 g/mol. The van der Waals surface area contributed by atoms with Gasteiger partial charge in [-0.05, 0) is 45.0 Å². The fraction of sp³-hybridized carbons (Fsp3) is 0.429. The fourth-order valence-electron chi connectivity index (χ4n) is 1.39. The van der Waals surface area contributed by atoms with Crippen LogP contribution in [0.15, 0.2) is 24.3 Å². The summed E-state index contributed by atoms with van der Waals surface area (Å²) >= 11 is 0. The van der Waals surface area contributed by atoms with E-state index in [9.17, 15) is 18.0 Å². The first kappa shape index (κ1) is 17.2. The van der Waals surface area contributed by atoms with Crippen molar-refractivity contribution in [3.05, 3.63) is 29.8 Å². The molecule has 0 bridgehead atoms. The van der Waals surface area contributed by atoms with E-state index in [1.807, 2.05) is 0 Å². The lowest BCUT2D eigenvalue weighted by Gasteiger charge is -2.22. The van der Waals surface area contributed by atoms with Crippen molar-refractivity contribution >= 4 is 27.3 Å². The number of Topliss-reactive ketones (excluding diaryl/α,β-unsaturated/α-hetero) is 1.